The monoisotopic (exact) mass is 290 g/mol. The SMILES string of the molecule is CC1OCCC1N(C)CC(O)COc1ccc(C#N)cc1. The Hall–Kier alpha value is -1.61. The molecule has 0 saturated carbocycles. The Bertz CT molecular complexity index is 483. The zero-order valence-corrected chi connectivity index (χ0v) is 12.5. The van der Waals surface area contributed by atoms with E-state index in [9.17, 15) is 5.11 Å². The minimum Gasteiger partial charge on any atom is -0.491 e. The van der Waals surface area contributed by atoms with Crippen molar-refractivity contribution >= 4 is 0 Å². The van der Waals surface area contributed by atoms with Gasteiger partial charge in [0.15, 0.2) is 0 Å². The second kappa shape index (κ2) is 7.41. The maximum Gasteiger partial charge on any atom is 0.119 e. The van der Waals surface area contributed by atoms with Crippen molar-refractivity contribution in [2.45, 2.75) is 31.6 Å². The molecule has 3 atom stereocenters. The summed E-state index contributed by atoms with van der Waals surface area (Å²) in [7, 11) is 2.00. The van der Waals surface area contributed by atoms with Gasteiger partial charge in [0.2, 0.25) is 0 Å². The number of nitriles is 1. The van der Waals surface area contributed by atoms with Crippen LogP contribution < -0.4 is 4.74 Å². The van der Waals surface area contributed by atoms with E-state index in [-0.39, 0.29) is 12.7 Å². The average Bonchev–Trinajstić information content (AvgIpc) is 2.92. The summed E-state index contributed by atoms with van der Waals surface area (Å²) in [5.41, 5.74) is 0.595. The predicted octanol–water partition coefficient (Wildman–Crippen LogP) is 1.41. The maximum atomic E-state index is 10.1. The molecule has 1 aliphatic rings. The first-order chi connectivity index (χ1) is 10.1. The van der Waals surface area contributed by atoms with Crippen LogP contribution in [-0.2, 0) is 4.74 Å². The van der Waals surface area contributed by atoms with E-state index in [1.165, 1.54) is 0 Å². The Labute approximate surface area is 125 Å². The fourth-order valence-corrected chi connectivity index (χ4v) is 2.64. The van der Waals surface area contributed by atoms with Crippen LogP contribution >= 0.6 is 0 Å². The Morgan fingerprint density at radius 3 is 2.76 bits per heavy atom. The standard InChI is InChI=1S/C16H22N2O3/c1-12-16(7-8-20-12)18(2)10-14(19)11-21-15-5-3-13(9-17)4-6-15/h3-6,12,14,16,19H,7-8,10-11H2,1-2H3. The maximum absolute atomic E-state index is 10.1. The molecule has 5 nitrogen and oxygen atoms in total. The van der Waals surface area contributed by atoms with Crippen molar-refractivity contribution in [1.82, 2.24) is 4.90 Å². The number of aliphatic hydroxyl groups excluding tert-OH is 1. The molecule has 5 heteroatoms. The number of likely N-dealkylation sites (N-methyl/N-ethyl adjacent to an activating group) is 1. The van der Waals surface area contributed by atoms with E-state index in [1.54, 1.807) is 24.3 Å². The zero-order valence-electron chi connectivity index (χ0n) is 12.5. The second-order valence-corrected chi connectivity index (χ2v) is 5.47. The van der Waals surface area contributed by atoms with Crippen LogP contribution in [-0.4, -0.2) is 55.1 Å². The highest BCUT2D eigenvalue weighted by Gasteiger charge is 2.28. The van der Waals surface area contributed by atoms with Gasteiger partial charge < -0.3 is 14.6 Å². The molecule has 114 valence electrons. The smallest absolute Gasteiger partial charge is 0.119 e. The van der Waals surface area contributed by atoms with Gasteiger partial charge in [-0.25, -0.2) is 0 Å². The molecule has 0 aliphatic carbocycles. The molecule has 1 aromatic carbocycles. The van der Waals surface area contributed by atoms with Crippen LogP contribution in [0.5, 0.6) is 5.75 Å². The van der Waals surface area contributed by atoms with E-state index in [0.717, 1.165) is 13.0 Å². The lowest BCUT2D eigenvalue weighted by atomic mass is 10.1. The summed E-state index contributed by atoms with van der Waals surface area (Å²) in [4.78, 5) is 2.13. The largest absolute Gasteiger partial charge is 0.491 e. The summed E-state index contributed by atoms with van der Waals surface area (Å²) < 4.78 is 11.1. The first-order valence-electron chi connectivity index (χ1n) is 7.23. The van der Waals surface area contributed by atoms with Crippen molar-refractivity contribution in [3.8, 4) is 11.8 Å². The summed E-state index contributed by atoms with van der Waals surface area (Å²) in [6.07, 6.45) is 0.654. The molecule has 1 aliphatic heterocycles. The summed E-state index contributed by atoms with van der Waals surface area (Å²) in [6, 6.07) is 9.29. The molecule has 21 heavy (non-hydrogen) atoms. The normalized spacial score (nSPS) is 23.0. The summed E-state index contributed by atoms with van der Waals surface area (Å²) in [6.45, 7) is 3.63. The molecule has 1 saturated heterocycles. The molecule has 1 fully saturated rings. The molecule has 3 unspecified atom stereocenters. The fraction of sp³-hybridized carbons (Fsp3) is 0.562. The predicted molar refractivity (Wildman–Crippen MR) is 79.1 cm³/mol. The van der Waals surface area contributed by atoms with Crippen molar-refractivity contribution in [1.29, 1.82) is 5.26 Å². The molecule has 0 amide bonds. The van der Waals surface area contributed by atoms with Crippen LogP contribution in [0.25, 0.3) is 0 Å². The summed E-state index contributed by atoms with van der Waals surface area (Å²) in [5, 5.41) is 18.8. The van der Waals surface area contributed by atoms with Crippen molar-refractivity contribution in [2.75, 3.05) is 26.8 Å². The number of ether oxygens (including phenoxy) is 2. The van der Waals surface area contributed by atoms with Crippen molar-refractivity contribution in [3.63, 3.8) is 0 Å². The molecule has 0 spiro atoms. The Kier molecular flexibility index (Phi) is 5.57. The number of aliphatic hydroxyl groups is 1. The molecule has 1 heterocycles. The van der Waals surface area contributed by atoms with Gasteiger partial charge in [0, 0.05) is 19.2 Å². The minimum absolute atomic E-state index is 0.210. The van der Waals surface area contributed by atoms with E-state index in [4.69, 9.17) is 14.7 Å². The van der Waals surface area contributed by atoms with Crippen LogP contribution in [0.3, 0.4) is 0 Å². The zero-order chi connectivity index (χ0) is 15.2. The van der Waals surface area contributed by atoms with Crippen molar-refractivity contribution < 1.29 is 14.6 Å². The lowest BCUT2D eigenvalue weighted by Gasteiger charge is -2.28. The minimum atomic E-state index is -0.557. The molecule has 1 N–H and O–H groups in total. The Balaban J connectivity index is 1.76. The highest BCUT2D eigenvalue weighted by atomic mass is 16.5. The summed E-state index contributed by atoms with van der Waals surface area (Å²) >= 11 is 0. The Morgan fingerprint density at radius 2 is 2.19 bits per heavy atom. The van der Waals surface area contributed by atoms with E-state index >= 15 is 0 Å². The third-order valence-corrected chi connectivity index (χ3v) is 3.83. The first-order valence-corrected chi connectivity index (χ1v) is 7.23. The molecular weight excluding hydrogens is 268 g/mol. The lowest BCUT2D eigenvalue weighted by molar-refractivity contribution is 0.0401. The van der Waals surface area contributed by atoms with Gasteiger partial charge in [0.25, 0.3) is 0 Å². The number of benzene rings is 1. The van der Waals surface area contributed by atoms with Gasteiger partial charge >= 0.3 is 0 Å². The lowest BCUT2D eigenvalue weighted by Crippen LogP contribution is -2.42. The third kappa shape index (κ3) is 4.43. The number of nitrogens with zero attached hydrogens (tertiary/aromatic N) is 2. The topological polar surface area (TPSA) is 65.7 Å². The first kappa shape index (κ1) is 15.8. The quantitative estimate of drug-likeness (QED) is 0.858. The van der Waals surface area contributed by atoms with E-state index < -0.39 is 6.10 Å². The van der Waals surface area contributed by atoms with Gasteiger partial charge in [0.1, 0.15) is 18.5 Å². The van der Waals surface area contributed by atoms with Crippen molar-refractivity contribution in [3.05, 3.63) is 29.8 Å². The van der Waals surface area contributed by atoms with Gasteiger partial charge in [0.05, 0.1) is 17.7 Å². The highest BCUT2D eigenvalue weighted by Crippen LogP contribution is 2.18. The van der Waals surface area contributed by atoms with Crippen LogP contribution in [0, 0.1) is 11.3 Å². The van der Waals surface area contributed by atoms with E-state index in [0.29, 0.717) is 23.9 Å². The summed E-state index contributed by atoms with van der Waals surface area (Å²) in [5.74, 6) is 0.660. The van der Waals surface area contributed by atoms with Gasteiger partial charge in [-0.2, -0.15) is 5.26 Å². The number of rotatable bonds is 6. The molecule has 2 rings (SSSR count). The van der Waals surface area contributed by atoms with Crippen LogP contribution in [0.1, 0.15) is 18.9 Å². The van der Waals surface area contributed by atoms with Gasteiger partial charge in [-0.15, -0.1) is 0 Å². The molecule has 1 aromatic rings. The highest BCUT2D eigenvalue weighted by molar-refractivity contribution is 5.34. The second-order valence-electron chi connectivity index (χ2n) is 5.47. The van der Waals surface area contributed by atoms with Gasteiger partial charge in [-0.1, -0.05) is 0 Å². The average molecular weight is 290 g/mol. The fourth-order valence-electron chi connectivity index (χ4n) is 2.64. The van der Waals surface area contributed by atoms with Crippen LogP contribution in [0.4, 0.5) is 0 Å². The van der Waals surface area contributed by atoms with Crippen molar-refractivity contribution in [2.24, 2.45) is 0 Å². The third-order valence-electron chi connectivity index (χ3n) is 3.83. The van der Waals surface area contributed by atoms with E-state index in [2.05, 4.69) is 17.9 Å². The number of hydrogen-bond donors (Lipinski definition) is 1. The van der Waals surface area contributed by atoms with Gasteiger partial charge in [-0.05, 0) is 44.7 Å². The molecular formula is C16H22N2O3. The molecule has 0 radical (unpaired) electrons. The molecule has 0 bridgehead atoms. The number of hydrogen-bond acceptors (Lipinski definition) is 5. The van der Waals surface area contributed by atoms with Crippen LogP contribution in [0.15, 0.2) is 24.3 Å². The van der Waals surface area contributed by atoms with Crippen LogP contribution in [0.2, 0.25) is 0 Å². The van der Waals surface area contributed by atoms with Gasteiger partial charge in [-0.3, -0.25) is 4.90 Å². The Morgan fingerprint density at radius 1 is 1.48 bits per heavy atom. The molecule has 0 aromatic heterocycles. The van der Waals surface area contributed by atoms with E-state index in [1.807, 2.05) is 7.05 Å².